The zero-order valence-electron chi connectivity index (χ0n) is 9.95. The molecule has 6 nitrogen and oxygen atoms in total. The summed E-state index contributed by atoms with van der Waals surface area (Å²) in [6.45, 7) is 0. The number of hydrogen-bond donors (Lipinski definition) is 1. The largest absolute Gasteiger partial charge is 0.345 e. The van der Waals surface area contributed by atoms with Gasteiger partial charge in [-0.15, -0.1) is 0 Å². The van der Waals surface area contributed by atoms with Crippen LogP contribution in [0.3, 0.4) is 0 Å². The highest BCUT2D eigenvalue weighted by atomic mass is 35.5. The lowest BCUT2D eigenvalue weighted by Gasteiger charge is -1.95. The third kappa shape index (κ3) is 3.87. The first-order valence-electron chi connectivity index (χ1n) is 5.39. The molecule has 0 atom stereocenters. The first kappa shape index (κ1) is 14.2. The SMILES string of the molecule is O=C(C=Cc1ccc(Cl)cc1)Nc1ncc([N+](=O)[O-])s1. The summed E-state index contributed by atoms with van der Waals surface area (Å²) in [5.74, 6) is -0.413. The van der Waals surface area contributed by atoms with Crippen LogP contribution in [0.5, 0.6) is 0 Å². The molecule has 0 unspecified atom stereocenters. The molecule has 102 valence electrons. The average molecular weight is 310 g/mol. The van der Waals surface area contributed by atoms with Gasteiger partial charge in [-0.2, -0.15) is 0 Å². The van der Waals surface area contributed by atoms with Crippen molar-refractivity contribution in [3.05, 3.63) is 57.2 Å². The fraction of sp³-hybridized carbons (Fsp3) is 0. The highest BCUT2D eigenvalue weighted by Crippen LogP contribution is 2.24. The standard InChI is InChI=1S/C12H8ClN3O3S/c13-9-4-1-8(2-5-9)3-6-10(17)15-12-14-7-11(20-12)16(18)19/h1-7H,(H,14,15,17). The van der Waals surface area contributed by atoms with Crippen LogP contribution in [0.25, 0.3) is 6.08 Å². The molecule has 0 fully saturated rings. The van der Waals surface area contributed by atoms with Crippen molar-refractivity contribution < 1.29 is 9.72 Å². The summed E-state index contributed by atoms with van der Waals surface area (Å²) in [6.07, 6.45) is 4.02. The summed E-state index contributed by atoms with van der Waals surface area (Å²) in [4.78, 5) is 25.3. The summed E-state index contributed by atoms with van der Waals surface area (Å²) in [5.41, 5.74) is 0.815. The molecule has 2 rings (SSSR count). The number of anilines is 1. The maximum absolute atomic E-state index is 11.6. The summed E-state index contributed by atoms with van der Waals surface area (Å²) < 4.78 is 0. The molecule has 2 aromatic rings. The van der Waals surface area contributed by atoms with Gasteiger partial charge in [0.25, 0.3) is 0 Å². The number of amides is 1. The van der Waals surface area contributed by atoms with Gasteiger partial charge in [-0.05, 0) is 35.1 Å². The Balaban J connectivity index is 1.97. The molecule has 1 amide bonds. The first-order valence-corrected chi connectivity index (χ1v) is 6.59. The third-order valence-electron chi connectivity index (χ3n) is 2.20. The van der Waals surface area contributed by atoms with Gasteiger partial charge in [0.1, 0.15) is 6.20 Å². The van der Waals surface area contributed by atoms with Crippen molar-refractivity contribution in [3.8, 4) is 0 Å². The van der Waals surface area contributed by atoms with Crippen LogP contribution >= 0.6 is 22.9 Å². The second-order valence-electron chi connectivity index (χ2n) is 3.63. The summed E-state index contributed by atoms with van der Waals surface area (Å²) in [6, 6.07) is 6.95. The van der Waals surface area contributed by atoms with Crippen molar-refractivity contribution in [2.45, 2.75) is 0 Å². The Labute approximate surface area is 122 Å². The molecule has 0 saturated heterocycles. The Morgan fingerprint density at radius 2 is 2.10 bits per heavy atom. The maximum atomic E-state index is 11.6. The van der Waals surface area contributed by atoms with E-state index >= 15 is 0 Å². The van der Waals surface area contributed by atoms with E-state index in [1.165, 1.54) is 6.08 Å². The Morgan fingerprint density at radius 3 is 2.70 bits per heavy atom. The molecule has 1 aromatic heterocycles. The van der Waals surface area contributed by atoms with Crippen LogP contribution in [-0.4, -0.2) is 15.8 Å². The van der Waals surface area contributed by atoms with E-state index in [9.17, 15) is 14.9 Å². The van der Waals surface area contributed by atoms with E-state index in [4.69, 9.17) is 11.6 Å². The molecule has 8 heteroatoms. The van der Waals surface area contributed by atoms with E-state index in [1.807, 2.05) is 0 Å². The number of hydrogen-bond acceptors (Lipinski definition) is 5. The number of halogens is 1. The molecule has 20 heavy (non-hydrogen) atoms. The van der Waals surface area contributed by atoms with Crippen molar-refractivity contribution >= 4 is 45.1 Å². The van der Waals surface area contributed by atoms with E-state index < -0.39 is 10.8 Å². The smallest absolute Gasteiger partial charge is 0.298 e. The molecule has 0 saturated carbocycles. The molecule has 1 aromatic carbocycles. The lowest BCUT2D eigenvalue weighted by Crippen LogP contribution is -2.06. The van der Waals surface area contributed by atoms with Crippen LogP contribution in [-0.2, 0) is 4.79 Å². The van der Waals surface area contributed by atoms with Gasteiger partial charge in [-0.25, -0.2) is 4.98 Å². The van der Waals surface area contributed by atoms with Crippen LogP contribution in [0.2, 0.25) is 5.02 Å². The van der Waals surface area contributed by atoms with Gasteiger partial charge in [0.05, 0.1) is 4.92 Å². The predicted octanol–water partition coefficient (Wildman–Crippen LogP) is 3.36. The summed E-state index contributed by atoms with van der Waals surface area (Å²) >= 11 is 6.54. The average Bonchev–Trinajstić information content (AvgIpc) is 2.87. The Morgan fingerprint density at radius 1 is 1.40 bits per heavy atom. The molecule has 0 aliphatic carbocycles. The molecule has 1 N–H and O–H groups in total. The fourth-order valence-electron chi connectivity index (χ4n) is 1.30. The first-order chi connectivity index (χ1) is 9.54. The zero-order valence-corrected chi connectivity index (χ0v) is 11.5. The molecule has 1 heterocycles. The molecule has 0 bridgehead atoms. The molecular weight excluding hydrogens is 302 g/mol. The van der Waals surface area contributed by atoms with Crippen LogP contribution in [0.1, 0.15) is 5.56 Å². The van der Waals surface area contributed by atoms with Gasteiger partial charge in [-0.3, -0.25) is 20.2 Å². The fourth-order valence-corrected chi connectivity index (χ4v) is 2.06. The minimum atomic E-state index is -0.559. The molecule has 0 aliphatic heterocycles. The van der Waals surface area contributed by atoms with E-state index in [-0.39, 0.29) is 10.1 Å². The second-order valence-corrected chi connectivity index (χ2v) is 5.08. The van der Waals surface area contributed by atoms with Crippen LogP contribution in [0, 0.1) is 10.1 Å². The van der Waals surface area contributed by atoms with E-state index in [1.54, 1.807) is 30.3 Å². The normalized spacial score (nSPS) is 10.7. The number of nitro groups is 1. The molecule has 0 spiro atoms. The van der Waals surface area contributed by atoms with Crippen molar-refractivity contribution in [2.75, 3.05) is 5.32 Å². The Kier molecular flexibility index (Phi) is 4.44. The summed E-state index contributed by atoms with van der Waals surface area (Å²) in [7, 11) is 0. The van der Waals surface area contributed by atoms with E-state index in [0.717, 1.165) is 23.1 Å². The van der Waals surface area contributed by atoms with Crippen LogP contribution in [0.15, 0.2) is 36.5 Å². The highest BCUT2D eigenvalue weighted by molar-refractivity contribution is 7.18. The summed E-state index contributed by atoms with van der Waals surface area (Å²) in [5, 5.41) is 13.6. The predicted molar refractivity (Wildman–Crippen MR) is 77.9 cm³/mol. The number of aromatic nitrogens is 1. The highest BCUT2D eigenvalue weighted by Gasteiger charge is 2.12. The minimum Gasteiger partial charge on any atom is -0.298 e. The quantitative estimate of drug-likeness (QED) is 0.533. The van der Waals surface area contributed by atoms with E-state index in [0.29, 0.717) is 5.02 Å². The van der Waals surface area contributed by atoms with Crippen LogP contribution < -0.4 is 5.32 Å². The van der Waals surface area contributed by atoms with Gasteiger partial charge in [0.15, 0.2) is 5.13 Å². The van der Waals surface area contributed by atoms with E-state index in [2.05, 4.69) is 10.3 Å². The number of thiazole rings is 1. The Bertz CT molecular complexity index is 667. The minimum absolute atomic E-state index is 0.123. The van der Waals surface area contributed by atoms with Crippen molar-refractivity contribution in [2.24, 2.45) is 0 Å². The number of carbonyl (C=O) groups excluding carboxylic acids is 1. The topological polar surface area (TPSA) is 85.1 Å². The van der Waals surface area contributed by atoms with Gasteiger partial charge in [0, 0.05) is 11.1 Å². The number of nitrogens with one attached hydrogen (secondary N) is 1. The maximum Gasteiger partial charge on any atom is 0.345 e. The number of benzene rings is 1. The lowest BCUT2D eigenvalue weighted by atomic mass is 10.2. The van der Waals surface area contributed by atoms with Gasteiger partial charge in [0.2, 0.25) is 5.91 Å². The Hall–Kier alpha value is -2.25. The third-order valence-corrected chi connectivity index (χ3v) is 3.32. The van der Waals surface area contributed by atoms with Crippen molar-refractivity contribution in [1.29, 1.82) is 0 Å². The molecule has 0 aliphatic rings. The number of nitrogens with zero attached hydrogens (tertiary/aromatic N) is 2. The second kappa shape index (κ2) is 6.27. The lowest BCUT2D eigenvalue weighted by molar-refractivity contribution is -0.380. The van der Waals surface area contributed by atoms with Crippen molar-refractivity contribution in [1.82, 2.24) is 4.98 Å². The van der Waals surface area contributed by atoms with Gasteiger partial charge in [-0.1, -0.05) is 23.7 Å². The van der Waals surface area contributed by atoms with Crippen molar-refractivity contribution in [3.63, 3.8) is 0 Å². The van der Waals surface area contributed by atoms with Gasteiger partial charge < -0.3 is 0 Å². The number of carbonyl (C=O) groups is 1. The molecular formula is C12H8ClN3O3S. The zero-order chi connectivity index (χ0) is 14.5. The molecule has 0 radical (unpaired) electrons. The van der Waals surface area contributed by atoms with Crippen LogP contribution in [0.4, 0.5) is 10.1 Å². The number of rotatable bonds is 4. The van der Waals surface area contributed by atoms with Gasteiger partial charge >= 0.3 is 5.00 Å². The monoisotopic (exact) mass is 309 g/mol.